The molecule has 0 spiro atoms. The van der Waals surface area contributed by atoms with Crippen LogP contribution >= 0.6 is 0 Å². The van der Waals surface area contributed by atoms with Gasteiger partial charge in [-0.3, -0.25) is 4.79 Å². The van der Waals surface area contributed by atoms with E-state index < -0.39 is 12.2 Å². The number of amides is 3. The molecule has 5 rings (SSSR count). The third kappa shape index (κ3) is 4.58. The van der Waals surface area contributed by atoms with Crippen molar-refractivity contribution in [2.24, 2.45) is 4.99 Å². The van der Waals surface area contributed by atoms with E-state index in [-0.39, 0.29) is 11.9 Å². The zero-order valence-electron chi connectivity index (χ0n) is 20.3. The van der Waals surface area contributed by atoms with Crippen LogP contribution in [0.2, 0.25) is 0 Å². The average molecular weight is 477 g/mol. The largest absolute Gasteiger partial charge is 0.332 e. The van der Waals surface area contributed by atoms with Gasteiger partial charge in [0.2, 0.25) is 6.17 Å². The van der Waals surface area contributed by atoms with Gasteiger partial charge in [0.25, 0.3) is 5.91 Å². The molecule has 6 heteroatoms. The van der Waals surface area contributed by atoms with Crippen molar-refractivity contribution in [3.8, 4) is 0 Å². The lowest BCUT2D eigenvalue weighted by atomic mass is 9.99. The van der Waals surface area contributed by atoms with Crippen molar-refractivity contribution in [2.75, 3.05) is 11.9 Å². The Kier molecular flexibility index (Phi) is 6.50. The Bertz CT molecular complexity index is 1440. The molecule has 1 heterocycles. The molecule has 0 fully saturated rings. The Morgan fingerprint density at radius 1 is 1.03 bits per heavy atom. The van der Waals surface area contributed by atoms with Crippen molar-refractivity contribution in [1.82, 2.24) is 10.6 Å². The van der Waals surface area contributed by atoms with E-state index in [0.29, 0.717) is 5.71 Å². The van der Waals surface area contributed by atoms with E-state index in [1.807, 2.05) is 91.9 Å². The van der Waals surface area contributed by atoms with Crippen molar-refractivity contribution in [1.29, 1.82) is 0 Å². The molecule has 3 amide bonds. The molecule has 0 radical (unpaired) electrons. The Labute approximate surface area is 210 Å². The van der Waals surface area contributed by atoms with Gasteiger partial charge >= 0.3 is 6.03 Å². The van der Waals surface area contributed by atoms with Crippen molar-refractivity contribution >= 4 is 34.1 Å². The predicted molar refractivity (Wildman–Crippen MR) is 145 cm³/mol. The highest BCUT2D eigenvalue weighted by molar-refractivity contribution is 6.21. The smallest absolute Gasteiger partial charge is 0.317 e. The van der Waals surface area contributed by atoms with Gasteiger partial charge in [-0.25, -0.2) is 9.79 Å². The van der Waals surface area contributed by atoms with Gasteiger partial charge in [-0.2, -0.15) is 0 Å². The van der Waals surface area contributed by atoms with E-state index >= 15 is 0 Å². The van der Waals surface area contributed by atoms with Crippen molar-refractivity contribution in [3.63, 3.8) is 0 Å². The van der Waals surface area contributed by atoms with Crippen molar-refractivity contribution < 1.29 is 9.59 Å². The average Bonchev–Trinajstić information content (AvgIpc) is 3.23. The van der Waals surface area contributed by atoms with Crippen LogP contribution in [0.15, 0.2) is 108 Å². The number of aliphatic imine (C=N–C) groups is 1. The van der Waals surface area contributed by atoms with Gasteiger partial charge in [0.05, 0.1) is 17.4 Å². The van der Waals surface area contributed by atoms with Gasteiger partial charge in [-0.15, -0.1) is 0 Å². The number of benzene rings is 3. The maximum absolute atomic E-state index is 13.4. The topological polar surface area (TPSA) is 73.8 Å². The molecule has 2 atom stereocenters. The van der Waals surface area contributed by atoms with Crippen LogP contribution in [0.5, 0.6) is 0 Å². The van der Waals surface area contributed by atoms with E-state index in [2.05, 4.69) is 22.8 Å². The van der Waals surface area contributed by atoms with E-state index in [4.69, 9.17) is 4.99 Å². The third-order valence-electron chi connectivity index (χ3n) is 6.52. The van der Waals surface area contributed by atoms with Gasteiger partial charge in [0.1, 0.15) is 0 Å². The SMILES string of the molecule is CC(NC(=O)NC1N=C(C2=CCC=CC=C2)c2ccccc2N(C)C1=O)c1cccc2ccccc12. The molecule has 0 saturated carbocycles. The van der Waals surface area contributed by atoms with Gasteiger partial charge in [0.15, 0.2) is 0 Å². The summed E-state index contributed by atoms with van der Waals surface area (Å²) in [4.78, 5) is 32.9. The molecule has 3 aromatic carbocycles. The highest BCUT2D eigenvalue weighted by Crippen LogP contribution is 2.28. The molecule has 1 aliphatic heterocycles. The summed E-state index contributed by atoms with van der Waals surface area (Å²) in [5.74, 6) is -0.304. The number of nitrogens with zero attached hydrogens (tertiary/aromatic N) is 2. The second-order valence-electron chi connectivity index (χ2n) is 8.88. The molecule has 2 aliphatic rings. The maximum atomic E-state index is 13.4. The summed E-state index contributed by atoms with van der Waals surface area (Å²) in [5, 5.41) is 7.99. The van der Waals surface area contributed by atoms with Gasteiger partial charge in [-0.05, 0) is 41.3 Å². The number of anilines is 1. The number of carbonyl (C=O) groups is 2. The molecule has 0 saturated heterocycles. The summed E-state index contributed by atoms with van der Waals surface area (Å²) in [7, 11) is 1.71. The molecular weight excluding hydrogens is 448 g/mol. The molecule has 36 heavy (non-hydrogen) atoms. The number of fused-ring (bicyclic) bond motifs is 2. The minimum Gasteiger partial charge on any atom is -0.332 e. The number of para-hydroxylation sites is 1. The minimum atomic E-state index is -1.07. The number of hydrogen-bond acceptors (Lipinski definition) is 3. The molecule has 180 valence electrons. The summed E-state index contributed by atoms with van der Waals surface area (Å²) in [6, 6.07) is 21.0. The number of carbonyl (C=O) groups excluding carboxylic acids is 2. The highest BCUT2D eigenvalue weighted by atomic mass is 16.2. The number of hydrogen-bond donors (Lipinski definition) is 2. The van der Waals surface area contributed by atoms with Gasteiger partial charge in [0, 0.05) is 12.6 Å². The molecule has 2 unspecified atom stereocenters. The Balaban J connectivity index is 1.44. The van der Waals surface area contributed by atoms with Crippen LogP contribution in [-0.2, 0) is 4.79 Å². The van der Waals surface area contributed by atoms with Crippen molar-refractivity contribution in [2.45, 2.75) is 25.6 Å². The Morgan fingerprint density at radius 3 is 2.69 bits per heavy atom. The lowest BCUT2D eigenvalue weighted by Gasteiger charge is -2.22. The van der Waals surface area contributed by atoms with E-state index in [0.717, 1.165) is 39.6 Å². The number of rotatable bonds is 4. The molecule has 0 bridgehead atoms. The molecule has 2 N–H and O–H groups in total. The molecule has 0 aromatic heterocycles. The number of urea groups is 1. The Morgan fingerprint density at radius 2 is 1.81 bits per heavy atom. The standard InChI is InChI=1S/C30H28N4O2/c1-20(23-18-11-15-21-12-7-8-16-24(21)23)31-30(36)33-28-29(35)34(2)26-19-10-9-17-25(26)27(32-28)22-13-5-3-4-6-14-22/h3-5,7-20,28H,6H2,1-2H3,(H2,31,33,36). The molecule has 3 aromatic rings. The molecule has 6 nitrogen and oxygen atoms in total. The van der Waals surface area contributed by atoms with Crippen LogP contribution in [0.3, 0.4) is 0 Å². The predicted octanol–water partition coefficient (Wildman–Crippen LogP) is 5.43. The first kappa shape index (κ1) is 23.3. The van der Waals surface area contributed by atoms with E-state index in [9.17, 15) is 9.59 Å². The second kappa shape index (κ2) is 10.0. The number of allylic oxidation sites excluding steroid dienone is 6. The highest BCUT2D eigenvalue weighted by Gasteiger charge is 2.31. The van der Waals surface area contributed by atoms with E-state index in [1.165, 1.54) is 0 Å². The number of likely N-dealkylation sites (N-methyl/N-ethyl adjacent to an activating group) is 1. The summed E-state index contributed by atoms with van der Waals surface area (Å²) >= 11 is 0. The van der Waals surface area contributed by atoms with Crippen LogP contribution in [0.4, 0.5) is 10.5 Å². The first-order valence-corrected chi connectivity index (χ1v) is 12.1. The van der Waals surface area contributed by atoms with Gasteiger partial charge < -0.3 is 15.5 Å². The first-order valence-electron chi connectivity index (χ1n) is 12.1. The lowest BCUT2D eigenvalue weighted by Crippen LogP contribution is -2.49. The Hall–Kier alpha value is -4.45. The monoisotopic (exact) mass is 476 g/mol. The number of benzodiazepines with no additional fused rings is 1. The van der Waals surface area contributed by atoms with Crippen LogP contribution in [0.25, 0.3) is 10.8 Å². The lowest BCUT2D eigenvalue weighted by molar-refractivity contribution is -0.119. The fourth-order valence-electron chi connectivity index (χ4n) is 4.67. The van der Waals surface area contributed by atoms with Crippen LogP contribution < -0.4 is 15.5 Å². The molecule has 1 aliphatic carbocycles. The number of nitrogens with one attached hydrogen (secondary N) is 2. The summed E-state index contributed by atoms with van der Waals surface area (Å²) in [6.07, 6.45) is 9.75. The minimum absolute atomic E-state index is 0.270. The maximum Gasteiger partial charge on any atom is 0.317 e. The summed E-state index contributed by atoms with van der Waals surface area (Å²) in [6.45, 7) is 1.93. The quantitative estimate of drug-likeness (QED) is 0.527. The van der Waals surface area contributed by atoms with Crippen LogP contribution in [-0.4, -0.2) is 30.9 Å². The molecular formula is C30H28N4O2. The zero-order valence-corrected chi connectivity index (χ0v) is 20.3. The summed E-state index contributed by atoms with van der Waals surface area (Å²) < 4.78 is 0. The third-order valence-corrected chi connectivity index (χ3v) is 6.52. The zero-order chi connectivity index (χ0) is 25.1. The first-order chi connectivity index (χ1) is 17.5. The van der Waals surface area contributed by atoms with Crippen LogP contribution in [0, 0.1) is 0 Å². The van der Waals surface area contributed by atoms with E-state index in [1.54, 1.807) is 11.9 Å². The second-order valence-corrected chi connectivity index (χ2v) is 8.88. The van der Waals surface area contributed by atoms with Gasteiger partial charge in [-0.1, -0.05) is 91.0 Å². The fraction of sp³-hybridized carbons (Fsp3) is 0.167. The summed E-state index contributed by atoms with van der Waals surface area (Å²) in [5.41, 5.74) is 4.19. The normalized spacial score (nSPS) is 18.0. The fourth-order valence-corrected chi connectivity index (χ4v) is 4.67. The van der Waals surface area contributed by atoms with Crippen molar-refractivity contribution in [3.05, 3.63) is 114 Å². The van der Waals surface area contributed by atoms with Crippen LogP contribution in [0.1, 0.15) is 30.5 Å².